The Morgan fingerprint density at radius 2 is 2.05 bits per heavy atom. The zero-order valence-corrected chi connectivity index (χ0v) is 12.2. The van der Waals surface area contributed by atoms with E-state index in [0.29, 0.717) is 12.6 Å². The summed E-state index contributed by atoms with van der Waals surface area (Å²) in [6, 6.07) is 11.3. The van der Waals surface area contributed by atoms with Gasteiger partial charge in [0.1, 0.15) is 0 Å². The van der Waals surface area contributed by atoms with E-state index < -0.39 is 0 Å². The van der Waals surface area contributed by atoms with E-state index in [9.17, 15) is 5.11 Å². The lowest BCUT2D eigenvalue weighted by Gasteiger charge is -2.34. The van der Waals surface area contributed by atoms with Crippen molar-refractivity contribution < 1.29 is 5.11 Å². The summed E-state index contributed by atoms with van der Waals surface area (Å²) in [7, 11) is 0. The fraction of sp³-hybridized carbons (Fsp3) is 0.647. The molecule has 110 valence electrons. The zero-order chi connectivity index (χ0) is 13.8. The molecule has 1 saturated carbocycles. The molecule has 1 aliphatic heterocycles. The molecule has 3 rings (SSSR count). The fourth-order valence-electron chi connectivity index (χ4n) is 3.14. The Morgan fingerprint density at radius 3 is 2.75 bits per heavy atom. The van der Waals surface area contributed by atoms with Crippen LogP contribution in [0.1, 0.15) is 31.2 Å². The molecule has 0 amide bonds. The van der Waals surface area contributed by atoms with E-state index in [2.05, 4.69) is 40.5 Å². The summed E-state index contributed by atoms with van der Waals surface area (Å²) >= 11 is 0. The van der Waals surface area contributed by atoms with Crippen molar-refractivity contribution in [3.8, 4) is 0 Å². The smallest absolute Gasteiger partial charge is 0.0499 e. The van der Waals surface area contributed by atoms with E-state index in [4.69, 9.17) is 0 Å². The van der Waals surface area contributed by atoms with Crippen LogP contribution in [0.5, 0.6) is 0 Å². The Bertz CT molecular complexity index is 416. The molecule has 2 fully saturated rings. The van der Waals surface area contributed by atoms with Crippen LogP contribution >= 0.6 is 0 Å². The van der Waals surface area contributed by atoms with Gasteiger partial charge < -0.3 is 10.4 Å². The maximum absolute atomic E-state index is 9.38. The number of hydrogen-bond acceptors (Lipinski definition) is 3. The number of nitrogens with zero attached hydrogens (tertiary/aromatic N) is 1. The highest BCUT2D eigenvalue weighted by atomic mass is 16.3. The molecule has 1 saturated heterocycles. The summed E-state index contributed by atoms with van der Waals surface area (Å²) in [5.41, 5.74) is 1.63. The Hall–Kier alpha value is -0.900. The second-order valence-corrected chi connectivity index (χ2v) is 6.60. The van der Waals surface area contributed by atoms with E-state index in [1.165, 1.54) is 37.8 Å². The molecule has 2 aliphatic rings. The van der Waals surface area contributed by atoms with Crippen molar-refractivity contribution >= 4 is 0 Å². The predicted molar refractivity (Wildman–Crippen MR) is 81.5 cm³/mol. The first-order valence-corrected chi connectivity index (χ1v) is 7.90. The topological polar surface area (TPSA) is 35.5 Å². The third kappa shape index (κ3) is 3.60. The van der Waals surface area contributed by atoms with E-state index in [1.807, 2.05) is 0 Å². The highest BCUT2D eigenvalue weighted by molar-refractivity contribution is 5.14. The van der Waals surface area contributed by atoms with Gasteiger partial charge in [-0.05, 0) is 37.8 Å². The molecule has 3 nitrogen and oxygen atoms in total. The molecule has 2 N–H and O–H groups in total. The van der Waals surface area contributed by atoms with E-state index in [-0.39, 0.29) is 5.41 Å². The van der Waals surface area contributed by atoms with Gasteiger partial charge in [-0.2, -0.15) is 0 Å². The first-order chi connectivity index (χ1) is 9.80. The number of hydrogen-bond donors (Lipinski definition) is 2. The van der Waals surface area contributed by atoms with Crippen molar-refractivity contribution in [3.63, 3.8) is 0 Å². The summed E-state index contributed by atoms with van der Waals surface area (Å²) in [5, 5.41) is 13.1. The molecule has 1 aromatic rings. The first-order valence-electron chi connectivity index (χ1n) is 7.90. The molecule has 1 atom stereocenters. The third-order valence-corrected chi connectivity index (χ3v) is 4.81. The number of rotatable bonds is 6. The van der Waals surface area contributed by atoms with Crippen LogP contribution in [0.25, 0.3) is 0 Å². The molecule has 0 radical (unpaired) electrons. The van der Waals surface area contributed by atoms with Gasteiger partial charge in [0.2, 0.25) is 0 Å². The van der Waals surface area contributed by atoms with Crippen molar-refractivity contribution in [1.82, 2.24) is 10.2 Å². The van der Waals surface area contributed by atoms with Crippen LogP contribution in [-0.2, 0) is 6.54 Å². The summed E-state index contributed by atoms with van der Waals surface area (Å²) in [5.74, 6) is 0. The summed E-state index contributed by atoms with van der Waals surface area (Å²) in [6.07, 6.45) is 4.93. The van der Waals surface area contributed by atoms with Crippen molar-refractivity contribution in [2.24, 2.45) is 5.41 Å². The van der Waals surface area contributed by atoms with Gasteiger partial charge in [-0.25, -0.2) is 0 Å². The zero-order valence-electron chi connectivity index (χ0n) is 12.2. The van der Waals surface area contributed by atoms with Gasteiger partial charge in [-0.15, -0.1) is 0 Å². The Kier molecular flexibility index (Phi) is 4.39. The van der Waals surface area contributed by atoms with Crippen LogP contribution in [0.4, 0.5) is 0 Å². The number of aliphatic hydroxyl groups is 1. The molecule has 0 bridgehead atoms. The summed E-state index contributed by atoms with van der Waals surface area (Å²) in [4.78, 5) is 2.55. The van der Waals surface area contributed by atoms with Crippen molar-refractivity contribution in [1.29, 1.82) is 0 Å². The largest absolute Gasteiger partial charge is 0.396 e. The van der Waals surface area contributed by atoms with Crippen LogP contribution < -0.4 is 5.32 Å². The Labute approximate surface area is 122 Å². The minimum absolute atomic E-state index is 0.224. The summed E-state index contributed by atoms with van der Waals surface area (Å²) in [6.45, 7) is 4.74. The maximum Gasteiger partial charge on any atom is 0.0499 e. The molecule has 0 aromatic heterocycles. The molecule has 0 spiro atoms. The average molecular weight is 274 g/mol. The molecule has 1 unspecified atom stereocenters. The quantitative estimate of drug-likeness (QED) is 0.833. The van der Waals surface area contributed by atoms with Crippen LogP contribution in [0.2, 0.25) is 0 Å². The highest BCUT2D eigenvalue weighted by Crippen LogP contribution is 2.44. The molecule has 3 heteroatoms. The second kappa shape index (κ2) is 6.25. The molecular weight excluding hydrogens is 248 g/mol. The average Bonchev–Trinajstić information content (AvgIpc) is 3.27. The first kappa shape index (κ1) is 14.1. The van der Waals surface area contributed by atoms with E-state index >= 15 is 0 Å². The fourth-order valence-corrected chi connectivity index (χ4v) is 3.14. The normalized spacial score (nSPS) is 25.6. The van der Waals surface area contributed by atoms with Crippen LogP contribution in [0.15, 0.2) is 30.3 Å². The van der Waals surface area contributed by atoms with Gasteiger partial charge >= 0.3 is 0 Å². The summed E-state index contributed by atoms with van der Waals surface area (Å²) < 4.78 is 0. The second-order valence-electron chi connectivity index (χ2n) is 6.60. The third-order valence-electron chi connectivity index (χ3n) is 4.81. The van der Waals surface area contributed by atoms with Gasteiger partial charge in [0.05, 0.1) is 0 Å². The number of likely N-dealkylation sites (tertiary alicyclic amines) is 1. The van der Waals surface area contributed by atoms with E-state index in [0.717, 1.165) is 19.6 Å². The molecule has 20 heavy (non-hydrogen) atoms. The highest BCUT2D eigenvalue weighted by Gasteiger charge is 2.42. The van der Waals surface area contributed by atoms with Crippen LogP contribution in [-0.4, -0.2) is 42.3 Å². The molecule has 1 aromatic carbocycles. The van der Waals surface area contributed by atoms with Crippen molar-refractivity contribution in [2.45, 2.75) is 38.3 Å². The number of nitrogens with one attached hydrogen (secondary N) is 1. The minimum atomic E-state index is 0.224. The number of aliphatic hydroxyl groups excluding tert-OH is 1. The lowest BCUT2D eigenvalue weighted by atomic mass is 10.0. The molecule has 1 heterocycles. The lowest BCUT2D eigenvalue weighted by Crippen LogP contribution is -2.47. The molecular formula is C17H26N2O. The maximum atomic E-state index is 9.38. The van der Waals surface area contributed by atoms with Crippen molar-refractivity contribution in [3.05, 3.63) is 35.9 Å². The standard InChI is InChI=1S/C17H26N2O/c20-14-17(8-9-17)13-18-16-7-4-10-19(12-16)11-15-5-2-1-3-6-15/h1-3,5-6,16,18,20H,4,7-14H2. The Morgan fingerprint density at radius 1 is 1.25 bits per heavy atom. The van der Waals surface area contributed by atoms with Gasteiger partial charge in [-0.3, -0.25) is 4.90 Å². The van der Waals surface area contributed by atoms with Gasteiger partial charge in [0.25, 0.3) is 0 Å². The van der Waals surface area contributed by atoms with Gasteiger partial charge in [0.15, 0.2) is 0 Å². The van der Waals surface area contributed by atoms with Crippen molar-refractivity contribution in [2.75, 3.05) is 26.2 Å². The minimum Gasteiger partial charge on any atom is -0.396 e. The molecule has 1 aliphatic carbocycles. The number of benzene rings is 1. The van der Waals surface area contributed by atoms with Gasteiger partial charge in [0, 0.05) is 37.7 Å². The predicted octanol–water partition coefficient (Wildman–Crippen LogP) is 2.01. The lowest BCUT2D eigenvalue weighted by molar-refractivity contribution is 0.164. The monoisotopic (exact) mass is 274 g/mol. The number of piperidine rings is 1. The SMILES string of the molecule is OCC1(CNC2CCCN(Cc3ccccc3)C2)CC1. The van der Waals surface area contributed by atoms with Gasteiger partial charge in [-0.1, -0.05) is 30.3 Å². The Balaban J connectivity index is 1.46. The van der Waals surface area contributed by atoms with E-state index in [1.54, 1.807) is 0 Å². The van der Waals surface area contributed by atoms with Crippen LogP contribution in [0, 0.1) is 5.41 Å². The van der Waals surface area contributed by atoms with Crippen LogP contribution in [0.3, 0.4) is 0 Å².